The molecular weight excluding hydrogens is 244 g/mol. The summed E-state index contributed by atoms with van der Waals surface area (Å²) in [6.07, 6.45) is 1.75. The van der Waals surface area contributed by atoms with E-state index in [4.69, 9.17) is 0 Å². The predicted octanol–water partition coefficient (Wildman–Crippen LogP) is 2.54. The molecule has 0 aromatic carbocycles. The Morgan fingerprint density at radius 1 is 1.50 bits per heavy atom. The first-order valence-corrected chi connectivity index (χ1v) is 5.22. The van der Waals surface area contributed by atoms with Crippen molar-refractivity contribution < 1.29 is 0 Å². The first kappa shape index (κ1) is 9.45. The van der Waals surface area contributed by atoms with Gasteiger partial charge < -0.3 is 5.32 Å². The molecule has 2 aromatic heterocycles. The first-order chi connectivity index (χ1) is 6.66. The number of nitrogens with zero attached hydrogens (tertiary/aromatic N) is 2. The minimum atomic E-state index is 0.362. The van der Waals surface area contributed by atoms with Crippen LogP contribution in [-0.4, -0.2) is 21.2 Å². The van der Waals surface area contributed by atoms with Gasteiger partial charge in [-0.05, 0) is 35.8 Å². The van der Waals surface area contributed by atoms with Gasteiger partial charge in [-0.3, -0.25) is 5.10 Å². The topological polar surface area (TPSA) is 53.6 Å². The largest absolute Gasteiger partial charge is 0.366 e. The number of fused-ring (bicyclic) bond motifs is 1. The van der Waals surface area contributed by atoms with Gasteiger partial charge in [-0.1, -0.05) is 0 Å². The summed E-state index contributed by atoms with van der Waals surface area (Å²) >= 11 is 3.39. The van der Waals surface area contributed by atoms with Crippen molar-refractivity contribution in [3.63, 3.8) is 0 Å². The molecule has 0 bridgehead atoms. The highest BCUT2D eigenvalue weighted by Crippen LogP contribution is 2.22. The number of H-pyrrole nitrogens is 1. The molecule has 4 nitrogen and oxygen atoms in total. The van der Waals surface area contributed by atoms with Crippen molar-refractivity contribution in [3.05, 3.63) is 16.7 Å². The van der Waals surface area contributed by atoms with Gasteiger partial charge in [0.2, 0.25) is 0 Å². The lowest BCUT2D eigenvalue weighted by atomic mass is 10.3. The standard InChI is InChI=1S/C9H11BrN4/c1-5(2)12-9-7-3-6(10)4-11-8(7)13-14-9/h3-5H,1-2H3,(H2,11,12,13,14). The lowest BCUT2D eigenvalue weighted by molar-refractivity contribution is 0.886. The molecule has 2 rings (SSSR count). The molecule has 2 aromatic rings. The van der Waals surface area contributed by atoms with Gasteiger partial charge in [0.15, 0.2) is 11.5 Å². The van der Waals surface area contributed by atoms with Gasteiger partial charge in [0.25, 0.3) is 0 Å². The van der Waals surface area contributed by atoms with E-state index in [2.05, 4.69) is 50.3 Å². The number of pyridine rings is 1. The van der Waals surface area contributed by atoms with Gasteiger partial charge in [-0.15, -0.1) is 0 Å². The van der Waals surface area contributed by atoms with E-state index in [0.717, 1.165) is 21.3 Å². The molecule has 2 N–H and O–H groups in total. The number of aromatic nitrogens is 3. The molecule has 0 unspecified atom stereocenters. The summed E-state index contributed by atoms with van der Waals surface area (Å²) in [5.41, 5.74) is 0.802. The Kier molecular flexibility index (Phi) is 2.41. The summed E-state index contributed by atoms with van der Waals surface area (Å²) < 4.78 is 0.957. The lowest BCUT2D eigenvalue weighted by Gasteiger charge is -2.05. The van der Waals surface area contributed by atoms with E-state index in [1.165, 1.54) is 0 Å². The second-order valence-corrected chi connectivity index (χ2v) is 4.34. The highest BCUT2D eigenvalue weighted by molar-refractivity contribution is 9.10. The zero-order valence-electron chi connectivity index (χ0n) is 8.00. The second kappa shape index (κ2) is 3.57. The van der Waals surface area contributed by atoms with E-state index in [9.17, 15) is 0 Å². The molecule has 0 aliphatic heterocycles. The van der Waals surface area contributed by atoms with Crippen LogP contribution in [0.3, 0.4) is 0 Å². The number of hydrogen-bond acceptors (Lipinski definition) is 3. The molecule has 2 heterocycles. The third-order valence-electron chi connectivity index (χ3n) is 1.81. The summed E-state index contributed by atoms with van der Waals surface area (Å²) in [7, 11) is 0. The average Bonchev–Trinajstić information content (AvgIpc) is 2.47. The fourth-order valence-electron chi connectivity index (χ4n) is 1.26. The number of hydrogen-bond donors (Lipinski definition) is 2. The van der Waals surface area contributed by atoms with Crippen molar-refractivity contribution in [3.8, 4) is 0 Å². The molecule has 0 aliphatic rings. The Hall–Kier alpha value is -1.10. The van der Waals surface area contributed by atoms with Gasteiger partial charge in [-0.2, -0.15) is 5.10 Å². The van der Waals surface area contributed by atoms with Crippen LogP contribution in [0.4, 0.5) is 5.82 Å². The van der Waals surface area contributed by atoms with Crippen molar-refractivity contribution in [2.24, 2.45) is 0 Å². The number of rotatable bonds is 2. The van der Waals surface area contributed by atoms with Gasteiger partial charge in [0.1, 0.15) is 0 Å². The molecule has 0 amide bonds. The number of nitrogens with one attached hydrogen (secondary N) is 2. The molecule has 0 saturated heterocycles. The van der Waals surface area contributed by atoms with E-state index < -0.39 is 0 Å². The fraction of sp³-hybridized carbons (Fsp3) is 0.333. The van der Waals surface area contributed by atoms with Gasteiger partial charge in [0, 0.05) is 16.7 Å². The molecular formula is C9H11BrN4. The normalized spacial score (nSPS) is 11.1. The Balaban J connectivity index is 2.50. The van der Waals surface area contributed by atoms with Crippen LogP contribution in [0.15, 0.2) is 16.7 Å². The SMILES string of the molecule is CC(C)Nc1n[nH]c2ncc(Br)cc12. The molecule has 74 valence electrons. The molecule has 0 radical (unpaired) electrons. The van der Waals surface area contributed by atoms with Crippen LogP contribution in [-0.2, 0) is 0 Å². The van der Waals surface area contributed by atoms with Gasteiger partial charge >= 0.3 is 0 Å². The minimum Gasteiger partial charge on any atom is -0.366 e. The molecule has 5 heteroatoms. The third kappa shape index (κ3) is 1.72. The first-order valence-electron chi connectivity index (χ1n) is 4.43. The van der Waals surface area contributed by atoms with Gasteiger partial charge in [0.05, 0.1) is 5.39 Å². The Labute approximate surface area is 90.2 Å². The van der Waals surface area contributed by atoms with E-state index >= 15 is 0 Å². The minimum absolute atomic E-state index is 0.362. The monoisotopic (exact) mass is 254 g/mol. The summed E-state index contributed by atoms with van der Waals surface area (Å²) in [6.45, 7) is 4.15. The Bertz CT molecular complexity index is 449. The zero-order valence-corrected chi connectivity index (χ0v) is 9.59. The quantitative estimate of drug-likeness (QED) is 0.866. The molecule has 0 saturated carbocycles. The Morgan fingerprint density at radius 3 is 3.00 bits per heavy atom. The van der Waals surface area contributed by atoms with E-state index in [0.29, 0.717) is 6.04 Å². The maximum Gasteiger partial charge on any atom is 0.157 e. The lowest BCUT2D eigenvalue weighted by Crippen LogP contribution is -2.09. The summed E-state index contributed by atoms with van der Waals surface area (Å²) in [4.78, 5) is 4.20. The van der Waals surface area contributed by atoms with Crippen LogP contribution in [0.1, 0.15) is 13.8 Å². The maximum atomic E-state index is 4.20. The molecule has 0 spiro atoms. The van der Waals surface area contributed by atoms with Crippen molar-refractivity contribution in [1.82, 2.24) is 15.2 Å². The van der Waals surface area contributed by atoms with E-state index in [1.807, 2.05) is 6.07 Å². The average molecular weight is 255 g/mol. The maximum absolute atomic E-state index is 4.20. The van der Waals surface area contributed by atoms with Crippen LogP contribution in [0.2, 0.25) is 0 Å². The van der Waals surface area contributed by atoms with Crippen molar-refractivity contribution in [2.45, 2.75) is 19.9 Å². The molecule has 0 fully saturated rings. The number of aromatic amines is 1. The van der Waals surface area contributed by atoms with Crippen LogP contribution < -0.4 is 5.32 Å². The van der Waals surface area contributed by atoms with Crippen LogP contribution in [0, 0.1) is 0 Å². The van der Waals surface area contributed by atoms with Gasteiger partial charge in [-0.25, -0.2) is 4.98 Å². The fourth-order valence-corrected chi connectivity index (χ4v) is 1.59. The van der Waals surface area contributed by atoms with Crippen LogP contribution in [0.25, 0.3) is 11.0 Å². The van der Waals surface area contributed by atoms with Crippen molar-refractivity contribution >= 4 is 32.8 Å². The van der Waals surface area contributed by atoms with Crippen LogP contribution in [0.5, 0.6) is 0 Å². The smallest absolute Gasteiger partial charge is 0.157 e. The summed E-state index contributed by atoms with van der Waals surface area (Å²) in [6, 6.07) is 2.36. The zero-order chi connectivity index (χ0) is 10.1. The molecule has 0 atom stereocenters. The summed E-state index contributed by atoms with van der Waals surface area (Å²) in [5.74, 6) is 0.851. The predicted molar refractivity (Wildman–Crippen MR) is 60.3 cm³/mol. The molecule has 0 aliphatic carbocycles. The summed E-state index contributed by atoms with van der Waals surface area (Å²) in [5, 5.41) is 11.3. The Morgan fingerprint density at radius 2 is 2.29 bits per heavy atom. The van der Waals surface area contributed by atoms with E-state index in [-0.39, 0.29) is 0 Å². The molecule has 14 heavy (non-hydrogen) atoms. The third-order valence-corrected chi connectivity index (χ3v) is 2.24. The van der Waals surface area contributed by atoms with Crippen molar-refractivity contribution in [1.29, 1.82) is 0 Å². The number of anilines is 1. The van der Waals surface area contributed by atoms with Crippen LogP contribution >= 0.6 is 15.9 Å². The highest BCUT2D eigenvalue weighted by Gasteiger charge is 2.07. The number of halogens is 1. The van der Waals surface area contributed by atoms with E-state index in [1.54, 1.807) is 6.20 Å². The van der Waals surface area contributed by atoms with Crippen molar-refractivity contribution in [2.75, 3.05) is 5.32 Å². The second-order valence-electron chi connectivity index (χ2n) is 3.42. The highest BCUT2D eigenvalue weighted by atomic mass is 79.9.